The van der Waals surface area contributed by atoms with Crippen molar-refractivity contribution in [3.63, 3.8) is 0 Å². The molecule has 0 saturated heterocycles. The summed E-state index contributed by atoms with van der Waals surface area (Å²) in [6, 6.07) is 6.39. The normalized spacial score (nSPS) is 12.0. The van der Waals surface area contributed by atoms with Crippen molar-refractivity contribution in [1.29, 1.82) is 0 Å². The number of imidazole rings is 1. The number of benzene rings is 1. The van der Waals surface area contributed by atoms with Crippen molar-refractivity contribution in [3.8, 4) is 11.3 Å². The molecule has 0 aliphatic rings. The van der Waals surface area contributed by atoms with Crippen LogP contribution >= 0.6 is 0 Å². The Bertz CT molecular complexity index is 1230. The molecule has 2 radical (unpaired) electrons. The number of aromatic nitrogens is 5. The summed E-state index contributed by atoms with van der Waals surface area (Å²) in [6.07, 6.45) is 6.84. The highest BCUT2D eigenvalue weighted by Gasteiger charge is 2.17. The summed E-state index contributed by atoms with van der Waals surface area (Å²) in [6.45, 7) is 0. The Labute approximate surface area is 162 Å². The van der Waals surface area contributed by atoms with E-state index in [0.29, 0.717) is 22.7 Å². The number of nitrogens with one attached hydrogen (secondary N) is 2. The molecular weight excluding hydrogens is 377 g/mol. The first-order valence-electron chi connectivity index (χ1n) is 8.28. The Morgan fingerprint density at radius 3 is 2.57 bits per heavy atom. The van der Waals surface area contributed by atoms with Gasteiger partial charge in [0, 0.05) is 43.3 Å². The second kappa shape index (κ2) is 6.77. The van der Waals surface area contributed by atoms with Crippen LogP contribution in [0.2, 0.25) is 0 Å². The molecule has 0 fully saturated rings. The van der Waals surface area contributed by atoms with Gasteiger partial charge < -0.3 is 5.32 Å². The second-order valence-electron chi connectivity index (χ2n) is 6.28. The lowest BCUT2D eigenvalue weighted by atomic mass is 10.1. The summed E-state index contributed by atoms with van der Waals surface area (Å²) in [5.41, 5.74) is 3.22. The molecule has 9 nitrogen and oxygen atoms in total. The first-order valence-corrected chi connectivity index (χ1v) is 9.72. The summed E-state index contributed by atoms with van der Waals surface area (Å²) in [5.74, 6) is 0.456. The maximum Gasteiger partial charge on any atom is 0.242 e. The zero-order valence-electron chi connectivity index (χ0n) is 15.2. The summed E-state index contributed by atoms with van der Waals surface area (Å²) >= 11 is 0. The van der Waals surface area contributed by atoms with Crippen LogP contribution < -0.4 is 10.9 Å². The van der Waals surface area contributed by atoms with E-state index in [9.17, 15) is 8.42 Å². The maximum absolute atomic E-state index is 12.2. The van der Waals surface area contributed by atoms with Gasteiger partial charge in [-0.3, -0.25) is 9.50 Å². The molecule has 2 N–H and O–H groups in total. The van der Waals surface area contributed by atoms with Gasteiger partial charge in [-0.2, -0.15) is 5.10 Å². The Hall–Kier alpha value is -3.18. The lowest BCUT2D eigenvalue weighted by Crippen LogP contribution is -2.22. The molecule has 0 atom stereocenters. The lowest BCUT2D eigenvalue weighted by molar-refractivity contribution is 0.521. The van der Waals surface area contributed by atoms with Gasteiger partial charge in [0.15, 0.2) is 11.5 Å². The van der Waals surface area contributed by atoms with Gasteiger partial charge in [0.2, 0.25) is 10.0 Å². The minimum Gasteiger partial charge on any atom is -0.337 e. The lowest BCUT2D eigenvalue weighted by Gasteiger charge is -2.13. The SMILES string of the molecule is [B]c1cn2c(-c3cn[nH]c3)cnc2c(Nc2ccc(S(=O)(=O)N(C)C)cc2)n1. The van der Waals surface area contributed by atoms with Gasteiger partial charge in [-0.05, 0) is 24.3 Å². The Balaban J connectivity index is 1.71. The van der Waals surface area contributed by atoms with Crippen LogP contribution in [0, 0.1) is 0 Å². The molecule has 0 spiro atoms. The van der Waals surface area contributed by atoms with E-state index in [-0.39, 0.29) is 4.90 Å². The fourth-order valence-electron chi connectivity index (χ4n) is 2.75. The van der Waals surface area contributed by atoms with Crippen LogP contribution in [-0.4, -0.2) is 59.2 Å². The number of rotatable bonds is 5. The number of H-pyrrole nitrogens is 1. The van der Waals surface area contributed by atoms with Crippen LogP contribution in [0.1, 0.15) is 0 Å². The number of hydrogen-bond donors (Lipinski definition) is 2. The minimum absolute atomic E-state index is 0.205. The van der Waals surface area contributed by atoms with Crippen LogP contribution in [-0.2, 0) is 10.0 Å². The molecule has 3 aromatic heterocycles. The number of nitrogens with zero attached hydrogens (tertiary/aromatic N) is 5. The molecule has 3 heterocycles. The minimum atomic E-state index is -3.49. The molecule has 0 amide bonds. The maximum atomic E-state index is 12.2. The Morgan fingerprint density at radius 2 is 1.93 bits per heavy atom. The molecule has 1 aromatic carbocycles. The number of hydrogen-bond acceptors (Lipinski definition) is 6. The largest absolute Gasteiger partial charge is 0.337 e. The molecule has 0 unspecified atom stereocenters. The molecule has 28 heavy (non-hydrogen) atoms. The highest BCUT2D eigenvalue weighted by molar-refractivity contribution is 7.89. The van der Waals surface area contributed by atoms with Crippen molar-refractivity contribution in [2.24, 2.45) is 0 Å². The summed E-state index contributed by atoms with van der Waals surface area (Å²) in [7, 11) is 5.46. The fourth-order valence-corrected chi connectivity index (χ4v) is 3.65. The number of sulfonamides is 1. The van der Waals surface area contributed by atoms with E-state index in [4.69, 9.17) is 7.85 Å². The summed E-state index contributed by atoms with van der Waals surface area (Å²) in [5, 5.41) is 9.88. The van der Waals surface area contributed by atoms with E-state index in [2.05, 4.69) is 25.5 Å². The van der Waals surface area contributed by atoms with Gasteiger partial charge in [0.1, 0.15) is 7.85 Å². The zero-order valence-corrected chi connectivity index (χ0v) is 16.0. The van der Waals surface area contributed by atoms with Crippen LogP contribution in [0.5, 0.6) is 0 Å². The average molecular weight is 393 g/mol. The van der Waals surface area contributed by atoms with Crippen LogP contribution in [0.4, 0.5) is 11.5 Å². The molecule has 0 bridgehead atoms. The third-order valence-electron chi connectivity index (χ3n) is 4.20. The van der Waals surface area contributed by atoms with Crippen molar-refractivity contribution in [3.05, 3.63) is 49.1 Å². The number of fused-ring (bicyclic) bond motifs is 1. The first kappa shape index (κ1) is 18.2. The molecule has 140 valence electrons. The Kier molecular flexibility index (Phi) is 4.40. The molecular formula is C17H16BN7O2S. The molecule has 11 heteroatoms. The smallest absolute Gasteiger partial charge is 0.242 e. The predicted octanol–water partition coefficient (Wildman–Crippen LogP) is 0.907. The highest BCUT2D eigenvalue weighted by Crippen LogP contribution is 2.25. The Morgan fingerprint density at radius 1 is 1.18 bits per heavy atom. The monoisotopic (exact) mass is 393 g/mol. The topological polar surface area (TPSA) is 108 Å². The van der Waals surface area contributed by atoms with E-state index in [0.717, 1.165) is 11.3 Å². The van der Waals surface area contributed by atoms with Crippen LogP contribution in [0.15, 0.2) is 53.9 Å². The van der Waals surface area contributed by atoms with Crippen molar-refractivity contribution in [2.75, 3.05) is 19.4 Å². The molecule has 0 aliphatic heterocycles. The molecule has 4 rings (SSSR count). The third kappa shape index (κ3) is 3.14. The first-order chi connectivity index (χ1) is 13.4. The van der Waals surface area contributed by atoms with E-state index in [1.807, 2.05) is 4.40 Å². The van der Waals surface area contributed by atoms with Crippen molar-refractivity contribution < 1.29 is 8.42 Å². The van der Waals surface area contributed by atoms with E-state index >= 15 is 0 Å². The van der Waals surface area contributed by atoms with Crippen molar-refractivity contribution in [1.82, 2.24) is 28.9 Å². The summed E-state index contributed by atoms with van der Waals surface area (Å²) in [4.78, 5) is 8.96. The van der Waals surface area contributed by atoms with Crippen molar-refractivity contribution >= 4 is 40.6 Å². The fraction of sp³-hybridized carbons (Fsp3) is 0.118. The van der Waals surface area contributed by atoms with Crippen molar-refractivity contribution in [2.45, 2.75) is 4.90 Å². The zero-order chi connectivity index (χ0) is 19.9. The molecule has 0 aliphatic carbocycles. The highest BCUT2D eigenvalue weighted by atomic mass is 32.2. The number of aromatic amines is 1. The number of anilines is 2. The molecule has 4 aromatic rings. The van der Waals surface area contributed by atoms with E-state index < -0.39 is 10.0 Å². The quantitative estimate of drug-likeness (QED) is 0.488. The van der Waals surface area contributed by atoms with Gasteiger partial charge in [-0.25, -0.2) is 22.7 Å². The van der Waals surface area contributed by atoms with E-state index in [1.54, 1.807) is 36.9 Å². The standard InChI is InChI=1S/C17H16BN7O2S/c1-24(2)28(26,27)13-5-3-12(4-6-13)22-16-17-19-9-14(11-7-20-21-8-11)25(17)10-15(18)23-16/h3-10H,1-2H3,(H,20,21)(H,22,23). The van der Waals surface area contributed by atoms with Gasteiger partial charge in [0.05, 0.1) is 23.0 Å². The van der Waals surface area contributed by atoms with E-state index in [1.165, 1.54) is 30.5 Å². The second-order valence-corrected chi connectivity index (χ2v) is 8.43. The summed E-state index contributed by atoms with van der Waals surface area (Å²) < 4.78 is 27.4. The third-order valence-corrected chi connectivity index (χ3v) is 6.03. The van der Waals surface area contributed by atoms with Gasteiger partial charge >= 0.3 is 0 Å². The van der Waals surface area contributed by atoms with Gasteiger partial charge in [-0.15, -0.1) is 0 Å². The van der Waals surface area contributed by atoms with Crippen LogP contribution in [0.25, 0.3) is 16.9 Å². The van der Waals surface area contributed by atoms with Gasteiger partial charge in [-0.1, -0.05) is 0 Å². The molecule has 0 saturated carbocycles. The van der Waals surface area contributed by atoms with Crippen LogP contribution in [0.3, 0.4) is 0 Å². The predicted molar refractivity (Wildman–Crippen MR) is 107 cm³/mol. The van der Waals surface area contributed by atoms with Gasteiger partial charge in [0.25, 0.3) is 0 Å². The average Bonchev–Trinajstić information content (AvgIpc) is 3.31.